The maximum absolute atomic E-state index is 12.7. The van der Waals surface area contributed by atoms with Crippen LogP contribution in [-0.2, 0) is 0 Å². The van der Waals surface area contributed by atoms with Crippen molar-refractivity contribution >= 4 is 17.9 Å². The second-order valence-corrected chi connectivity index (χ2v) is 15.0. The molecule has 92 valence electrons. The third-order valence-corrected chi connectivity index (χ3v) is 14.6. The summed E-state index contributed by atoms with van der Waals surface area (Å²) in [7, 11) is 2.16. The van der Waals surface area contributed by atoms with E-state index >= 15 is 0 Å². The van der Waals surface area contributed by atoms with E-state index in [4.69, 9.17) is 0 Å². The van der Waals surface area contributed by atoms with Crippen LogP contribution in [0.5, 0.6) is 0 Å². The Morgan fingerprint density at radius 1 is 1.24 bits per heavy atom. The molecule has 2 nitrogen and oxygen atoms in total. The van der Waals surface area contributed by atoms with Gasteiger partial charge in [0.25, 0.3) is 0 Å². The molecule has 0 aromatic heterocycles. The van der Waals surface area contributed by atoms with Gasteiger partial charge in [0.1, 0.15) is 0 Å². The monoisotopic (exact) mass is 293 g/mol. The topological polar surface area (TPSA) is 20.3 Å². The third-order valence-electron chi connectivity index (χ3n) is 4.14. The molecule has 0 saturated carbocycles. The van der Waals surface area contributed by atoms with Crippen LogP contribution in [-0.4, -0.2) is 42.9 Å². The molecule has 0 atom stereocenters. The SMILES string of the molecule is C[CH2][Ge]1([C](=O)c2ccccc2)[CH2]CN(C)C[CH2]1. The Morgan fingerprint density at radius 2 is 1.82 bits per heavy atom. The van der Waals surface area contributed by atoms with Crippen LogP contribution in [0.4, 0.5) is 0 Å². The minimum absolute atomic E-state index is 0.529. The van der Waals surface area contributed by atoms with Crippen LogP contribution in [0.15, 0.2) is 30.3 Å². The third kappa shape index (κ3) is 2.63. The van der Waals surface area contributed by atoms with Crippen molar-refractivity contribution in [1.82, 2.24) is 4.90 Å². The molecule has 1 aromatic carbocycles. The second kappa shape index (κ2) is 5.36. The van der Waals surface area contributed by atoms with Gasteiger partial charge in [0.2, 0.25) is 0 Å². The Morgan fingerprint density at radius 3 is 2.35 bits per heavy atom. The summed E-state index contributed by atoms with van der Waals surface area (Å²) in [6.45, 7) is 4.46. The van der Waals surface area contributed by atoms with Gasteiger partial charge in [-0.3, -0.25) is 0 Å². The van der Waals surface area contributed by atoms with Gasteiger partial charge in [-0.15, -0.1) is 0 Å². The summed E-state index contributed by atoms with van der Waals surface area (Å²) >= 11 is -2.29. The first-order valence-electron chi connectivity index (χ1n) is 6.46. The van der Waals surface area contributed by atoms with Crippen LogP contribution in [0.2, 0.25) is 15.8 Å². The van der Waals surface area contributed by atoms with E-state index in [0.29, 0.717) is 4.62 Å². The molecule has 2 rings (SSSR count). The van der Waals surface area contributed by atoms with Gasteiger partial charge in [-0.2, -0.15) is 0 Å². The van der Waals surface area contributed by atoms with Crippen LogP contribution >= 0.6 is 0 Å². The van der Waals surface area contributed by atoms with E-state index in [1.54, 1.807) is 0 Å². The zero-order valence-electron chi connectivity index (χ0n) is 10.8. The van der Waals surface area contributed by atoms with Crippen molar-refractivity contribution in [3.05, 3.63) is 35.9 Å². The predicted molar refractivity (Wildman–Crippen MR) is 74.1 cm³/mol. The van der Waals surface area contributed by atoms with E-state index in [-0.39, 0.29) is 0 Å². The zero-order chi connectivity index (χ0) is 12.3. The molecule has 0 radical (unpaired) electrons. The van der Waals surface area contributed by atoms with Gasteiger partial charge in [0.15, 0.2) is 0 Å². The average molecular weight is 292 g/mol. The molecule has 1 fully saturated rings. The summed E-state index contributed by atoms with van der Waals surface area (Å²) in [5.41, 5.74) is 0.957. The summed E-state index contributed by atoms with van der Waals surface area (Å²) in [4.78, 5) is 15.1. The quantitative estimate of drug-likeness (QED) is 0.798. The average Bonchev–Trinajstić information content (AvgIpc) is 2.40. The standard InChI is InChI=1S/C14H21GeNO/c1-3-15(9-11-16(2)12-10-15)14(17)13-7-5-4-6-8-13/h4-8H,3,9-12H2,1-2H3. The van der Waals surface area contributed by atoms with Gasteiger partial charge in [0.05, 0.1) is 0 Å². The Hall–Kier alpha value is -0.607. The van der Waals surface area contributed by atoms with Gasteiger partial charge in [-0.1, -0.05) is 0 Å². The number of hydrogen-bond acceptors (Lipinski definition) is 2. The van der Waals surface area contributed by atoms with Gasteiger partial charge in [-0.25, -0.2) is 0 Å². The number of hydrogen-bond donors (Lipinski definition) is 0. The first-order chi connectivity index (χ1) is 8.18. The van der Waals surface area contributed by atoms with Crippen molar-refractivity contribution in [1.29, 1.82) is 0 Å². The molecule has 0 N–H and O–H groups in total. The fourth-order valence-electron chi connectivity index (χ4n) is 2.68. The van der Waals surface area contributed by atoms with Crippen LogP contribution < -0.4 is 0 Å². The Bertz CT molecular complexity index is 382. The molecule has 1 saturated heterocycles. The summed E-state index contributed by atoms with van der Waals surface area (Å²) in [5.74, 6) is 0. The van der Waals surface area contributed by atoms with E-state index in [0.717, 1.165) is 23.9 Å². The molecular weight excluding hydrogens is 271 g/mol. The molecule has 0 amide bonds. The number of nitrogens with zero attached hydrogens (tertiary/aromatic N) is 1. The second-order valence-electron chi connectivity index (χ2n) is 5.13. The fourth-order valence-corrected chi connectivity index (χ4v) is 11.4. The van der Waals surface area contributed by atoms with E-state index < -0.39 is 13.3 Å². The van der Waals surface area contributed by atoms with E-state index in [1.165, 1.54) is 10.5 Å². The molecule has 3 heteroatoms. The van der Waals surface area contributed by atoms with E-state index in [9.17, 15) is 4.79 Å². The van der Waals surface area contributed by atoms with Crippen molar-refractivity contribution in [2.45, 2.75) is 22.7 Å². The van der Waals surface area contributed by atoms with Gasteiger partial charge in [0, 0.05) is 0 Å². The molecule has 1 aliphatic rings. The molecule has 0 unspecified atom stereocenters. The molecule has 17 heavy (non-hydrogen) atoms. The van der Waals surface area contributed by atoms with E-state index in [2.05, 4.69) is 18.9 Å². The summed E-state index contributed by atoms with van der Waals surface area (Å²) in [5, 5.41) is 3.50. The van der Waals surface area contributed by atoms with Crippen LogP contribution in [0.1, 0.15) is 17.3 Å². The molecule has 0 bridgehead atoms. The first kappa shape index (κ1) is 12.8. The maximum atomic E-state index is 12.7. The molecule has 1 aliphatic heterocycles. The Labute approximate surface area is 106 Å². The minimum atomic E-state index is -2.29. The van der Waals surface area contributed by atoms with Gasteiger partial charge < -0.3 is 0 Å². The van der Waals surface area contributed by atoms with Crippen molar-refractivity contribution < 1.29 is 4.79 Å². The molecule has 1 heterocycles. The van der Waals surface area contributed by atoms with Crippen molar-refractivity contribution in [3.8, 4) is 0 Å². The van der Waals surface area contributed by atoms with Crippen LogP contribution in [0.25, 0.3) is 0 Å². The van der Waals surface area contributed by atoms with Crippen molar-refractivity contribution in [2.75, 3.05) is 20.1 Å². The zero-order valence-corrected chi connectivity index (χ0v) is 12.9. The number of benzene rings is 1. The molecular formula is C14H21GeNO. The summed E-state index contributed by atoms with van der Waals surface area (Å²) in [6, 6.07) is 9.92. The van der Waals surface area contributed by atoms with Gasteiger partial charge in [-0.05, 0) is 0 Å². The number of rotatable bonds is 3. The molecule has 1 aromatic rings. The van der Waals surface area contributed by atoms with Crippen molar-refractivity contribution in [2.24, 2.45) is 0 Å². The normalized spacial score (nSPS) is 20.1. The van der Waals surface area contributed by atoms with Crippen molar-refractivity contribution in [3.63, 3.8) is 0 Å². The molecule has 0 spiro atoms. The summed E-state index contributed by atoms with van der Waals surface area (Å²) < 4.78 is 0.529. The fraction of sp³-hybridized carbons (Fsp3) is 0.500. The predicted octanol–water partition coefficient (Wildman–Crippen LogP) is 2.82. The first-order valence-corrected chi connectivity index (χ1v) is 12.0. The van der Waals surface area contributed by atoms with Crippen LogP contribution in [0.3, 0.4) is 0 Å². The summed E-state index contributed by atoms with van der Waals surface area (Å²) in [6.07, 6.45) is 0. The number of carbonyl (C=O) groups is 1. The van der Waals surface area contributed by atoms with Gasteiger partial charge >= 0.3 is 106 Å². The Balaban J connectivity index is 2.21. The Kier molecular flexibility index (Phi) is 4.05. The number of carbonyl (C=O) groups excluding carboxylic acids is 1. The molecule has 0 aliphatic carbocycles. The van der Waals surface area contributed by atoms with E-state index in [1.807, 2.05) is 30.3 Å². The van der Waals surface area contributed by atoms with Crippen LogP contribution in [0, 0.1) is 0 Å².